The van der Waals surface area contributed by atoms with Crippen LogP contribution in [-0.4, -0.2) is 62.9 Å². The molecule has 7 nitrogen and oxygen atoms in total. The summed E-state index contributed by atoms with van der Waals surface area (Å²) in [6, 6.07) is 12.9. The standard InChI is InChI=1S/C24H31N3O4S/c1-19-8-9-22(32(29,30)27-10-4-5-11-27)16-23(19)24(28)25-17-20-6-2-3-7-21(20)18-26-12-14-31-15-13-26/h2-3,6-9,16H,4-5,10-15,17-18H2,1H3,(H,25,28). The number of sulfonamides is 1. The van der Waals surface area contributed by atoms with Gasteiger partial charge in [-0.1, -0.05) is 30.3 Å². The van der Waals surface area contributed by atoms with Crippen LogP contribution in [0.25, 0.3) is 0 Å². The van der Waals surface area contributed by atoms with Gasteiger partial charge in [-0.25, -0.2) is 8.42 Å². The van der Waals surface area contributed by atoms with Crippen molar-refractivity contribution in [3.63, 3.8) is 0 Å². The molecule has 32 heavy (non-hydrogen) atoms. The summed E-state index contributed by atoms with van der Waals surface area (Å²) < 4.78 is 32.8. The Bertz CT molecular complexity index is 1060. The van der Waals surface area contributed by atoms with Crippen LogP contribution in [-0.2, 0) is 27.8 Å². The number of amides is 1. The van der Waals surface area contributed by atoms with Crippen LogP contribution in [0.4, 0.5) is 0 Å². The molecule has 0 atom stereocenters. The van der Waals surface area contributed by atoms with Crippen molar-refractivity contribution in [1.29, 1.82) is 0 Å². The highest BCUT2D eigenvalue weighted by Crippen LogP contribution is 2.23. The molecule has 4 rings (SSSR count). The molecule has 2 aromatic carbocycles. The van der Waals surface area contributed by atoms with Crippen molar-refractivity contribution in [1.82, 2.24) is 14.5 Å². The lowest BCUT2D eigenvalue weighted by Gasteiger charge is -2.27. The largest absolute Gasteiger partial charge is 0.379 e. The summed E-state index contributed by atoms with van der Waals surface area (Å²) in [5, 5.41) is 2.99. The van der Waals surface area contributed by atoms with Gasteiger partial charge >= 0.3 is 0 Å². The third kappa shape index (κ3) is 5.20. The first-order chi connectivity index (χ1) is 15.4. The van der Waals surface area contributed by atoms with Gasteiger partial charge in [0.25, 0.3) is 5.91 Å². The predicted octanol–water partition coefficient (Wildman–Crippen LogP) is 2.54. The summed E-state index contributed by atoms with van der Waals surface area (Å²) in [5.41, 5.74) is 3.39. The van der Waals surface area contributed by atoms with Crippen LogP contribution in [0.5, 0.6) is 0 Å². The lowest BCUT2D eigenvalue weighted by molar-refractivity contribution is 0.0340. The molecule has 2 aromatic rings. The van der Waals surface area contributed by atoms with E-state index in [4.69, 9.17) is 4.74 Å². The van der Waals surface area contributed by atoms with Gasteiger partial charge in [-0.3, -0.25) is 9.69 Å². The Balaban J connectivity index is 1.47. The van der Waals surface area contributed by atoms with Gasteiger partial charge in [-0.2, -0.15) is 4.31 Å². The average molecular weight is 458 g/mol. The van der Waals surface area contributed by atoms with Crippen molar-refractivity contribution in [3.05, 3.63) is 64.7 Å². The molecule has 2 aliphatic heterocycles. The summed E-state index contributed by atoms with van der Waals surface area (Å²) in [7, 11) is -3.56. The van der Waals surface area contributed by atoms with E-state index in [2.05, 4.69) is 16.3 Å². The second-order valence-corrected chi connectivity index (χ2v) is 10.4. The van der Waals surface area contributed by atoms with E-state index < -0.39 is 10.0 Å². The van der Waals surface area contributed by atoms with Gasteiger partial charge in [0, 0.05) is 44.8 Å². The first-order valence-electron chi connectivity index (χ1n) is 11.2. The highest BCUT2D eigenvalue weighted by Gasteiger charge is 2.28. The number of rotatable bonds is 7. The molecule has 2 heterocycles. The maximum atomic E-state index is 13.0. The Kier molecular flexibility index (Phi) is 7.25. The van der Waals surface area contributed by atoms with E-state index in [1.54, 1.807) is 12.1 Å². The van der Waals surface area contributed by atoms with Crippen molar-refractivity contribution in [2.24, 2.45) is 0 Å². The molecular weight excluding hydrogens is 426 g/mol. The fourth-order valence-corrected chi connectivity index (χ4v) is 5.78. The van der Waals surface area contributed by atoms with E-state index in [0.29, 0.717) is 25.2 Å². The Morgan fingerprint density at radius 3 is 2.41 bits per heavy atom. The number of aryl methyl sites for hydroxylation is 1. The zero-order valence-electron chi connectivity index (χ0n) is 18.5. The van der Waals surface area contributed by atoms with E-state index in [9.17, 15) is 13.2 Å². The Morgan fingerprint density at radius 2 is 1.69 bits per heavy atom. The third-order valence-electron chi connectivity index (χ3n) is 6.21. The van der Waals surface area contributed by atoms with Gasteiger partial charge in [0.1, 0.15) is 0 Å². The number of carbonyl (C=O) groups excluding carboxylic acids is 1. The van der Waals surface area contributed by atoms with Crippen molar-refractivity contribution in [2.45, 2.75) is 37.8 Å². The second kappa shape index (κ2) is 10.1. The van der Waals surface area contributed by atoms with Crippen LogP contribution in [0, 0.1) is 6.92 Å². The molecule has 172 valence electrons. The molecule has 1 N–H and O–H groups in total. The van der Waals surface area contributed by atoms with E-state index >= 15 is 0 Å². The number of benzene rings is 2. The number of hydrogen-bond donors (Lipinski definition) is 1. The predicted molar refractivity (Wildman–Crippen MR) is 123 cm³/mol. The molecule has 0 unspecified atom stereocenters. The maximum Gasteiger partial charge on any atom is 0.251 e. The molecule has 0 spiro atoms. The lowest BCUT2D eigenvalue weighted by Crippen LogP contribution is -2.36. The zero-order valence-corrected chi connectivity index (χ0v) is 19.4. The van der Waals surface area contributed by atoms with Crippen LogP contribution < -0.4 is 5.32 Å². The van der Waals surface area contributed by atoms with Crippen LogP contribution in [0.15, 0.2) is 47.4 Å². The highest BCUT2D eigenvalue weighted by molar-refractivity contribution is 7.89. The molecule has 0 aliphatic carbocycles. The second-order valence-electron chi connectivity index (χ2n) is 8.43. The smallest absolute Gasteiger partial charge is 0.251 e. The minimum atomic E-state index is -3.56. The minimum absolute atomic E-state index is 0.183. The Hall–Kier alpha value is -2.26. The minimum Gasteiger partial charge on any atom is -0.379 e. The van der Waals surface area contributed by atoms with Crippen molar-refractivity contribution in [3.8, 4) is 0 Å². The topological polar surface area (TPSA) is 79.0 Å². The molecule has 0 saturated carbocycles. The quantitative estimate of drug-likeness (QED) is 0.691. The molecule has 0 aromatic heterocycles. The van der Waals surface area contributed by atoms with Crippen LogP contribution >= 0.6 is 0 Å². The van der Waals surface area contributed by atoms with Gasteiger partial charge in [0.05, 0.1) is 18.1 Å². The van der Waals surface area contributed by atoms with Crippen molar-refractivity contribution in [2.75, 3.05) is 39.4 Å². The SMILES string of the molecule is Cc1ccc(S(=O)(=O)N2CCCC2)cc1C(=O)NCc1ccccc1CN1CCOCC1. The zero-order chi connectivity index (χ0) is 22.6. The summed E-state index contributed by atoms with van der Waals surface area (Å²) in [5.74, 6) is -0.262. The molecule has 2 fully saturated rings. The van der Waals surface area contributed by atoms with Gasteiger partial charge in [0.2, 0.25) is 10.0 Å². The molecule has 8 heteroatoms. The number of nitrogens with one attached hydrogen (secondary N) is 1. The fourth-order valence-electron chi connectivity index (χ4n) is 4.24. The van der Waals surface area contributed by atoms with E-state index in [1.807, 2.05) is 25.1 Å². The highest BCUT2D eigenvalue weighted by atomic mass is 32.2. The summed E-state index contributed by atoms with van der Waals surface area (Å²) in [6.07, 6.45) is 1.75. The van der Waals surface area contributed by atoms with Gasteiger partial charge in [0.15, 0.2) is 0 Å². The van der Waals surface area contributed by atoms with E-state index in [-0.39, 0.29) is 10.8 Å². The molecular formula is C24H31N3O4S. The first kappa shape index (κ1) is 22.9. The number of hydrogen-bond acceptors (Lipinski definition) is 5. The van der Waals surface area contributed by atoms with E-state index in [0.717, 1.165) is 56.8 Å². The Labute approximate surface area is 190 Å². The fraction of sp³-hybridized carbons (Fsp3) is 0.458. The number of ether oxygens (including phenoxy) is 1. The average Bonchev–Trinajstić information content (AvgIpc) is 3.35. The van der Waals surface area contributed by atoms with Crippen LogP contribution in [0.3, 0.4) is 0 Å². The lowest BCUT2D eigenvalue weighted by atomic mass is 10.1. The number of carbonyl (C=O) groups is 1. The molecule has 2 saturated heterocycles. The van der Waals surface area contributed by atoms with Crippen molar-refractivity contribution < 1.29 is 17.9 Å². The number of morpholine rings is 1. The summed E-state index contributed by atoms with van der Waals surface area (Å²) in [6.45, 7) is 7.41. The van der Waals surface area contributed by atoms with Gasteiger partial charge < -0.3 is 10.1 Å². The Morgan fingerprint density at radius 1 is 1.00 bits per heavy atom. The van der Waals surface area contributed by atoms with Gasteiger partial charge in [-0.15, -0.1) is 0 Å². The monoisotopic (exact) mass is 457 g/mol. The number of nitrogens with zero attached hydrogens (tertiary/aromatic N) is 2. The normalized spacial score (nSPS) is 18.0. The molecule has 2 aliphatic rings. The maximum absolute atomic E-state index is 13.0. The summed E-state index contributed by atoms with van der Waals surface area (Å²) in [4.78, 5) is 15.5. The summed E-state index contributed by atoms with van der Waals surface area (Å²) >= 11 is 0. The molecule has 0 bridgehead atoms. The van der Waals surface area contributed by atoms with Crippen molar-refractivity contribution >= 4 is 15.9 Å². The first-order valence-corrected chi connectivity index (χ1v) is 12.6. The third-order valence-corrected chi connectivity index (χ3v) is 8.11. The molecule has 1 amide bonds. The molecule has 0 radical (unpaired) electrons. The van der Waals surface area contributed by atoms with Gasteiger partial charge in [-0.05, 0) is 48.6 Å². The van der Waals surface area contributed by atoms with Crippen LogP contribution in [0.2, 0.25) is 0 Å². The van der Waals surface area contributed by atoms with Crippen LogP contribution in [0.1, 0.15) is 39.9 Å². The van der Waals surface area contributed by atoms with E-state index in [1.165, 1.54) is 15.9 Å².